The molecule has 4 aromatic carbocycles. The van der Waals surface area contributed by atoms with Crippen molar-refractivity contribution in [2.75, 3.05) is 30.5 Å². The Balaban J connectivity index is 1.31. The number of anilines is 2. The van der Waals surface area contributed by atoms with Crippen LogP contribution in [0.25, 0.3) is 11.1 Å². The summed E-state index contributed by atoms with van der Waals surface area (Å²) in [6.07, 6.45) is -13.7. The van der Waals surface area contributed by atoms with Crippen LogP contribution in [0.3, 0.4) is 0 Å². The van der Waals surface area contributed by atoms with Crippen molar-refractivity contribution in [2.45, 2.75) is 68.0 Å². The van der Waals surface area contributed by atoms with E-state index in [1.807, 2.05) is 49.4 Å². The molecule has 314 valence electrons. The van der Waals surface area contributed by atoms with E-state index in [4.69, 9.17) is 19.9 Å². The lowest BCUT2D eigenvalue weighted by atomic mass is 9.93. The lowest BCUT2D eigenvalue weighted by Crippen LogP contribution is -2.68. The molecule has 3 amide bonds. The predicted octanol–water partition coefficient (Wildman–Crippen LogP) is 2.98. The largest absolute Gasteiger partial charge is 0.416 e. The number of nitrogens with one attached hydrogen (secondary N) is 4. The Labute approximate surface area is 337 Å². The molecule has 0 unspecified atom stereocenters. The summed E-state index contributed by atoms with van der Waals surface area (Å²) >= 11 is 0. The smallest absolute Gasteiger partial charge is 0.394 e. The number of aryl methyl sites for hydroxylation is 1. The number of urea groups is 1. The number of aliphatic hydroxyl groups excluding tert-OH is 4. The molecule has 9 atom stereocenters. The van der Waals surface area contributed by atoms with E-state index in [1.54, 1.807) is 36.4 Å². The van der Waals surface area contributed by atoms with Crippen LogP contribution in [0.15, 0.2) is 108 Å². The quantitative estimate of drug-likeness (QED) is 0.0789. The van der Waals surface area contributed by atoms with E-state index in [9.17, 15) is 43.2 Å². The summed E-state index contributed by atoms with van der Waals surface area (Å²) in [6, 6.07) is 22.2. The number of ether oxygens (including phenoxy) is 3. The number of aliphatic imine (C=N–C) groups is 1. The fourth-order valence-electron chi connectivity index (χ4n) is 6.77. The Morgan fingerprint density at radius 1 is 0.831 bits per heavy atom. The van der Waals surface area contributed by atoms with Crippen LogP contribution in [0.5, 0.6) is 0 Å². The monoisotopic (exact) mass is 822 g/mol. The average molecular weight is 823 g/mol. The van der Waals surface area contributed by atoms with Crippen LogP contribution in [-0.4, -0.2) is 113 Å². The molecule has 15 nitrogen and oxygen atoms in total. The molecule has 0 saturated carbocycles. The third-order valence-corrected chi connectivity index (χ3v) is 9.89. The van der Waals surface area contributed by atoms with Gasteiger partial charge in [0.15, 0.2) is 12.2 Å². The van der Waals surface area contributed by atoms with Gasteiger partial charge in [-0.3, -0.25) is 4.79 Å². The Morgan fingerprint density at radius 2 is 1.51 bits per heavy atom. The van der Waals surface area contributed by atoms with Gasteiger partial charge in [-0.2, -0.15) is 13.2 Å². The summed E-state index contributed by atoms with van der Waals surface area (Å²) in [4.78, 5) is 31.6. The third-order valence-electron chi connectivity index (χ3n) is 9.89. The summed E-state index contributed by atoms with van der Waals surface area (Å²) in [5.74, 6) is -0.849. The maximum absolute atomic E-state index is 13.9. The van der Waals surface area contributed by atoms with Crippen LogP contribution in [-0.2, 0) is 20.4 Å². The Hall–Kier alpha value is -5.60. The van der Waals surface area contributed by atoms with Gasteiger partial charge in [-0.25, -0.2) is 9.79 Å². The average Bonchev–Trinajstić information content (AvgIpc) is 3.22. The Bertz CT molecular complexity index is 2060. The van der Waals surface area contributed by atoms with Crippen LogP contribution in [0.4, 0.5) is 29.3 Å². The number of alkyl halides is 3. The minimum absolute atomic E-state index is 0.187. The highest BCUT2D eigenvalue weighted by molar-refractivity contribution is 5.95. The van der Waals surface area contributed by atoms with Crippen LogP contribution in [0, 0.1) is 6.92 Å². The van der Waals surface area contributed by atoms with Gasteiger partial charge < -0.3 is 61.6 Å². The second kappa shape index (κ2) is 19.0. The zero-order valence-electron chi connectivity index (χ0n) is 31.6. The molecule has 6 rings (SSSR count). The number of carbonyl (C=O) groups excluding carboxylic acids is 2. The standard InChI is InChI=1S/C41H45F3N6O9/c1-22-10-16-27(17-11-22)46-39(45)50-33-35(54)34(53)31(20-52)58-38(33)59-36-29(48-40(56)47-28-9-5-8-26(18-28)41(42,43)44)21-57-30(19-51)32(36)49-37(55)25-14-12-24(13-15-25)23-6-3-2-4-7-23/h2-18,29-36,38,51-54H,19-21H2,1H3,(H,49,55)(H3,45,46,50)(H2,47,48,56)/t29-,30+,31+,32-,33+,34+,35+,36+,38-/m0/s1. The minimum atomic E-state index is -4.68. The number of guanidine groups is 1. The minimum Gasteiger partial charge on any atom is -0.394 e. The number of nitrogens with two attached hydrogens (primary N) is 1. The Morgan fingerprint density at radius 3 is 2.17 bits per heavy atom. The molecule has 18 heteroatoms. The highest BCUT2D eigenvalue weighted by atomic mass is 19.4. The number of nitrogens with zero attached hydrogens (tertiary/aromatic N) is 1. The van der Waals surface area contributed by atoms with E-state index in [0.29, 0.717) is 5.69 Å². The van der Waals surface area contributed by atoms with Crippen molar-refractivity contribution < 1.29 is 57.4 Å². The van der Waals surface area contributed by atoms with E-state index in [-0.39, 0.29) is 23.8 Å². The topological polar surface area (TPSA) is 229 Å². The number of amides is 3. The number of hydrogen-bond donors (Lipinski definition) is 9. The number of rotatable bonds is 11. The van der Waals surface area contributed by atoms with Gasteiger partial charge in [0.05, 0.1) is 37.5 Å². The van der Waals surface area contributed by atoms with Crippen LogP contribution >= 0.6 is 0 Å². The first-order chi connectivity index (χ1) is 28.2. The number of carbonyl (C=O) groups is 2. The van der Waals surface area contributed by atoms with Gasteiger partial charge in [-0.05, 0) is 60.5 Å². The van der Waals surface area contributed by atoms with Crippen molar-refractivity contribution in [3.63, 3.8) is 0 Å². The molecule has 0 radical (unpaired) electrons. The predicted molar refractivity (Wildman–Crippen MR) is 210 cm³/mol. The van der Waals surface area contributed by atoms with Crippen molar-refractivity contribution >= 4 is 29.3 Å². The van der Waals surface area contributed by atoms with Gasteiger partial charge in [-0.1, -0.05) is 66.2 Å². The molecule has 2 aliphatic rings. The Kier molecular flexibility index (Phi) is 13.8. The normalized spacial score (nSPS) is 26.1. The molecule has 2 fully saturated rings. The van der Waals surface area contributed by atoms with Gasteiger partial charge in [-0.15, -0.1) is 0 Å². The number of aliphatic hydroxyl groups is 4. The number of benzene rings is 4. The van der Waals surface area contributed by atoms with E-state index in [0.717, 1.165) is 34.9 Å². The van der Waals surface area contributed by atoms with Gasteiger partial charge in [0.25, 0.3) is 5.91 Å². The highest BCUT2D eigenvalue weighted by Gasteiger charge is 2.50. The second-order valence-electron chi connectivity index (χ2n) is 14.1. The van der Waals surface area contributed by atoms with Gasteiger partial charge in [0.1, 0.15) is 36.6 Å². The molecule has 0 spiro atoms. The molecule has 2 heterocycles. The van der Waals surface area contributed by atoms with E-state index in [1.165, 1.54) is 6.07 Å². The molecule has 59 heavy (non-hydrogen) atoms. The first-order valence-electron chi connectivity index (χ1n) is 18.6. The van der Waals surface area contributed by atoms with Gasteiger partial charge in [0, 0.05) is 16.9 Å². The summed E-state index contributed by atoms with van der Waals surface area (Å²) in [7, 11) is 0. The van der Waals surface area contributed by atoms with Gasteiger partial charge in [0.2, 0.25) is 0 Å². The molecule has 2 saturated heterocycles. The summed E-state index contributed by atoms with van der Waals surface area (Å²) in [5, 5.41) is 53.4. The molecular formula is C41H45F3N6O9. The van der Waals surface area contributed by atoms with Crippen molar-refractivity contribution in [3.05, 3.63) is 120 Å². The first-order valence-corrected chi connectivity index (χ1v) is 18.6. The zero-order chi connectivity index (χ0) is 42.3. The van der Waals surface area contributed by atoms with E-state index in [2.05, 4.69) is 26.3 Å². The summed E-state index contributed by atoms with van der Waals surface area (Å²) in [6.45, 7) is 0.126. The molecule has 0 aliphatic carbocycles. The second-order valence-corrected chi connectivity index (χ2v) is 14.1. The highest BCUT2D eigenvalue weighted by Crippen LogP contribution is 2.32. The van der Waals surface area contributed by atoms with Crippen LogP contribution < -0.4 is 27.0 Å². The fraction of sp³-hybridized carbons (Fsp3) is 0.341. The van der Waals surface area contributed by atoms with Gasteiger partial charge >= 0.3 is 12.2 Å². The van der Waals surface area contributed by atoms with Crippen molar-refractivity contribution in [1.82, 2.24) is 10.6 Å². The molecule has 4 aromatic rings. The third kappa shape index (κ3) is 10.7. The van der Waals surface area contributed by atoms with E-state index >= 15 is 0 Å². The molecule has 10 N–H and O–H groups in total. The molecule has 2 aliphatic heterocycles. The lowest BCUT2D eigenvalue weighted by Gasteiger charge is -2.47. The maximum Gasteiger partial charge on any atom is 0.416 e. The molecule has 0 aromatic heterocycles. The van der Waals surface area contributed by atoms with Crippen molar-refractivity contribution in [2.24, 2.45) is 10.7 Å². The fourth-order valence-corrected chi connectivity index (χ4v) is 6.77. The van der Waals surface area contributed by atoms with Crippen LogP contribution in [0.2, 0.25) is 0 Å². The first kappa shape index (κ1) is 43.0. The van der Waals surface area contributed by atoms with Crippen LogP contribution in [0.1, 0.15) is 21.5 Å². The maximum atomic E-state index is 13.9. The number of halogens is 3. The van der Waals surface area contributed by atoms with Crippen molar-refractivity contribution in [3.8, 4) is 11.1 Å². The summed E-state index contributed by atoms with van der Waals surface area (Å²) in [5.41, 5.74) is 8.53. The molecular weight excluding hydrogens is 777 g/mol. The zero-order valence-corrected chi connectivity index (χ0v) is 31.6. The SMILES string of the molecule is Cc1ccc(NC(N)=N[C@H]2[C@H](O[C@H]3[C@@H](NC(=O)c4ccc(-c5ccccc5)cc4)[C@@H](CO)OC[C@@H]3NC(=O)Nc3cccc(C(F)(F)F)c3)O[C@H](CO)[C@@H](O)[C@@H]2O)cc1. The molecule has 0 bridgehead atoms. The summed E-state index contributed by atoms with van der Waals surface area (Å²) < 4.78 is 58.6. The van der Waals surface area contributed by atoms with Crippen molar-refractivity contribution in [1.29, 1.82) is 0 Å². The lowest BCUT2D eigenvalue weighted by molar-refractivity contribution is -0.290. The van der Waals surface area contributed by atoms with E-state index < -0.39 is 91.8 Å². The number of hydrogen-bond acceptors (Lipinski definition) is 10.